The molecule has 1 aliphatic carbocycles. The van der Waals surface area contributed by atoms with E-state index >= 15 is 0 Å². The van der Waals surface area contributed by atoms with E-state index in [0.29, 0.717) is 6.04 Å². The molecular formula is C23H24ClF3N6O2S. The van der Waals surface area contributed by atoms with Crippen LogP contribution in [0.4, 0.5) is 24.7 Å². The molecule has 3 aliphatic rings. The number of halogens is 4. The van der Waals surface area contributed by atoms with Crippen molar-refractivity contribution in [3.8, 4) is 6.07 Å². The minimum absolute atomic E-state index is 0.00719. The lowest BCUT2D eigenvalue weighted by atomic mass is 10.2. The first-order valence-electron chi connectivity index (χ1n) is 11.7. The Morgan fingerprint density at radius 1 is 1.00 bits per heavy atom. The van der Waals surface area contributed by atoms with Gasteiger partial charge in [0.15, 0.2) is 15.5 Å². The second-order valence-electron chi connectivity index (χ2n) is 9.32. The summed E-state index contributed by atoms with van der Waals surface area (Å²) in [4.78, 5) is 13.2. The van der Waals surface area contributed by atoms with Gasteiger partial charge in [0.25, 0.3) is 0 Å². The van der Waals surface area contributed by atoms with Gasteiger partial charge in [-0.2, -0.15) is 18.4 Å². The molecule has 1 aromatic carbocycles. The number of sulfone groups is 1. The van der Waals surface area contributed by atoms with Crippen molar-refractivity contribution < 1.29 is 21.6 Å². The van der Waals surface area contributed by atoms with Gasteiger partial charge in [-0.3, -0.25) is 4.90 Å². The van der Waals surface area contributed by atoms with Gasteiger partial charge in [-0.25, -0.2) is 18.4 Å². The van der Waals surface area contributed by atoms with E-state index in [2.05, 4.69) is 19.8 Å². The summed E-state index contributed by atoms with van der Waals surface area (Å²) in [5.41, 5.74) is -0.376. The van der Waals surface area contributed by atoms with Gasteiger partial charge in [0.05, 0.1) is 15.2 Å². The highest BCUT2D eigenvalue weighted by Gasteiger charge is 2.39. The maximum atomic E-state index is 13.4. The van der Waals surface area contributed by atoms with Crippen molar-refractivity contribution in [2.45, 2.75) is 41.6 Å². The van der Waals surface area contributed by atoms with Crippen LogP contribution in [-0.2, 0) is 16.0 Å². The maximum absolute atomic E-state index is 13.4. The third-order valence-corrected chi connectivity index (χ3v) is 9.63. The minimum Gasteiger partial charge on any atom is -0.369 e. The van der Waals surface area contributed by atoms with Crippen molar-refractivity contribution in [1.29, 1.82) is 5.26 Å². The van der Waals surface area contributed by atoms with Crippen molar-refractivity contribution in [3.05, 3.63) is 40.8 Å². The van der Waals surface area contributed by atoms with Crippen molar-refractivity contribution in [2.24, 2.45) is 0 Å². The minimum atomic E-state index is -4.76. The van der Waals surface area contributed by atoms with Gasteiger partial charge in [-0.05, 0) is 37.5 Å². The molecule has 1 aromatic heterocycles. The summed E-state index contributed by atoms with van der Waals surface area (Å²) in [6.45, 7) is 3.73. The lowest BCUT2D eigenvalue weighted by molar-refractivity contribution is -0.141. The van der Waals surface area contributed by atoms with Crippen LogP contribution in [0.5, 0.6) is 0 Å². The second kappa shape index (κ2) is 9.36. The van der Waals surface area contributed by atoms with E-state index in [0.717, 1.165) is 37.9 Å². The first-order chi connectivity index (χ1) is 17.1. The molecule has 1 unspecified atom stereocenters. The number of hydrogen-bond donors (Lipinski definition) is 0. The summed E-state index contributed by atoms with van der Waals surface area (Å²) in [5, 5.41) is 8.29. The lowest BCUT2D eigenvalue weighted by Gasteiger charge is -2.36. The summed E-state index contributed by atoms with van der Waals surface area (Å²) in [7, 11) is -3.85. The van der Waals surface area contributed by atoms with Gasteiger partial charge in [-0.15, -0.1) is 0 Å². The fourth-order valence-electron chi connectivity index (χ4n) is 4.86. The Kier molecular flexibility index (Phi) is 6.51. The van der Waals surface area contributed by atoms with Crippen LogP contribution < -0.4 is 9.80 Å². The number of rotatable bonds is 5. The van der Waals surface area contributed by atoms with Crippen LogP contribution in [0.15, 0.2) is 29.2 Å². The van der Waals surface area contributed by atoms with E-state index in [4.69, 9.17) is 16.9 Å². The third kappa shape index (κ3) is 4.96. The van der Waals surface area contributed by atoms with Gasteiger partial charge in [0, 0.05) is 57.1 Å². The number of alkyl halides is 3. The zero-order valence-electron chi connectivity index (χ0n) is 19.2. The highest BCUT2D eigenvalue weighted by atomic mass is 35.5. The lowest BCUT2D eigenvalue weighted by Crippen LogP contribution is -2.47. The molecule has 0 amide bonds. The van der Waals surface area contributed by atoms with Crippen LogP contribution in [0, 0.1) is 11.3 Å². The van der Waals surface area contributed by atoms with Crippen LogP contribution in [0.25, 0.3) is 0 Å². The van der Waals surface area contributed by atoms with Crippen LogP contribution in [0.3, 0.4) is 0 Å². The standard InChI is InChI=1S/C23H24ClF3N6O2S/c24-18-11-16(32-9-7-31(8-10-32)15-1-2-15)3-4-19(18)36(34,35)17-5-6-33(14-17)22-12-20(23(25,26)27)29-21(13-28)30-22/h3-4,11-12,15,17H,1-2,5-10,14H2. The number of benzene rings is 1. The first kappa shape index (κ1) is 25.0. The van der Waals surface area contributed by atoms with Crippen LogP contribution >= 0.6 is 11.6 Å². The molecule has 2 aliphatic heterocycles. The first-order valence-corrected chi connectivity index (χ1v) is 13.6. The predicted molar refractivity (Wildman–Crippen MR) is 128 cm³/mol. The van der Waals surface area contributed by atoms with Crippen molar-refractivity contribution >= 4 is 32.9 Å². The van der Waals surface area contributed by atoms with Crippen LogP contribution in [0.2, 0.25) is 5.02 Å². The smallest absolute Gasteiger partial charge is 0.369 e. The zero-order chi connectivity index (χ0) is 25.7. The molecule has 192 valence electrons. The molecule has 1 saturated carbocycles. The Balaban J connectivity index is 1.31. The van der Waals surface area contributed by atoms with Crippen LogP contribution in [0.1, 0.15) is 30.8 Å². The Morgan fingerprint density at radius 2 is 1.72 bits per heavy atom. The van der Waals surface area contributed by atoms with Gasteiger partial charge in [0.2, 0.25) is 5.82 Å². The largest absolute Gasteiger partial charge is 0.433 e. The molecule has 2 saturated heterocycles. The van der Waals surface area contributed by atoms with Gasteiger partial charge in [0.1, 0.15) is 11.9 Å². The highest BCUT2D eigenvalue weighted by Crippen LogP contribution is 2.35. The van der Waals surface area contributed by atoms with E-state index in [-0.39, 0.29) is 35.2 Å². The Morgan fingerprint density at radius 3 is 2.33 bits per heavy atom. The second-order valence-corrected chi connectivity index (χ2v) is 11.9. The molecule has 8 nitrogen and oxygen atoms in total. The van der Waals surface area contributed by atoms with E-state index in [1.54, 1.807) is 12.1 Å². The fourth-order valence-corrected chi connectivity index (χ4v) is 7.10. The molecule has 13 heteroatoms. The normalized spacial score (nSPS) is 21.6. The maximum Gasteiger partial charge on any atom is 0.433 e. The summed E-state index contributed by atoms with van der Waals surface area (Å²) in [5.74, 6) is -0.749. The number of nitrogens with zero attached hydrogens (tertiary/aromatic N) is 6. The SMILES string of the molecule is N#Cc1nc(N2CCC(S(=O)(=O)c3ccc(N4CCN(C5CC5)CC4)cc3Cl)C2)cc(C(F)(F)F)n1. The Labute approximate surface area is 212 Å². The predicted octanol–water partition coefficient (Wildman–Crippen LogP) is 3.36. The molecule has 0 bridgehead atoms. The zero-order valence-corrected chi connectivity index (χ0v) is 20.8. The van der Waals surface area contributed by atoms with Crippen LogP contribution in [-0.4, -0.2) is 73.8 Å². The van der Waals surface area contributed by atoms with Gasteiger partial charge >= 0.3 is 6.18 Å². The highest BCUT2D eigenvalue weighted by molar-refractivity contribution is 7.92. The number of hydrogen-bond acceptors (Lipinski definition) is 8. The van der Waals surface area contributed by atoms with Crippen molar-refractivity contribution in [3.63, 3.8) is 0 Å². The molecule has 0 N–H and O–H groups in total. The number of anilines is 2. The Bertz CT molecular complexity index is 1300. The average molecular weight is 541 g/mol. The summed E-state index contributed by atoms with van der Waals surface area (Å²) >= 11 is 6.45. The molecule has 2 aromatic rings. The summed E-state index contributed by atoms with van der Waals surface area (Å²) < 4.78 is 66.4. The van der Waals surface area contributed by atoms with Crippen molar-refractivity contribution in [2.75, 3.05) is 49.1 Å². The quantitative estimate of drug-likeness (QED) is 0.570. The van der Waals surface area contributed by atoms with E-state index < -0.39 is 32.8 Å². The molecule has 3 fully saturated rings. The molecule has 1 atom stereocenters. The molecule has 5 rings (SSSR count). The number of nitriles is 1. The topological polar surface area (TPSA) is 93.4 Å². The molecule has 0 spiro atoms. The van der Waals surface area contributed by atoms with E-state index in [1.165, 1.54) is 29.9 Å². The summed E-state index contributed by atoms with van der Waals surface area (Å²) in [6, 6.07) is 7.93. The monoisotopic (exact) mass is 540 g/mol. The fraction of sp³-hybridized carbons (Fsp3) is 0.522. The van der Waals surface area contributed by atoms with Gasteiger partial charge < -0.3 is 9.80 Å². The molecule has 0 radical (unpaired) electrons. The number of aromatic nitrogens is 2. The van der Waals surface area contributed by atoms with E-state index in [1.807, 2.05) is 0 Å². The van der Waals surface area contributed by atoms with Crippen molar-refractivity contribution in [1.82, 2.24) is 14.9 Å². The van der Waals surface area contributed by atoms with Gasteiger partial charge in [-0.1, -0.05) is 11.6 Å². The van der Waals surface area contributed by atoms with E-state index in [9.17, 15) is 21.6 Å². The third-order valence-electron chi connectivity index (χ3n) is 6.98. The summed E-state index contributed by atoms with van der Waals surface area (Å²) in [6.07, 6.45) is -2.04. The Hall–Kier alpha value is -2.62. The molecule has 3 heterocycles. The number of piperazine rings is 1. The molecular weight excluding hydrogens is 517 g/mol. The average Bonchev–Trinajstić information content (AvgIpc) is 3.58. The molecule has 36 heavy (non-hydrogen) atoms.